The molecule has 1 aromatic rings. The molecule has 0 saturated carbocycles. The van der Waals surface area contributed by atoms with Gasteiger partial charge in [-0.15, -0.1) is 6.58 Å². The van der Waals surface area contributed by atoms with Crippen molar-refractivity contribution in [3.05, 3.63) is 42.5 Å². The number of rotatable bonds is 5. The van der Waals surface area contributed by atoms with E-state index in [2.05, 4.69) is 46.4 Å². The van der Waals surface area contributed by atoms with E-state index in [4.69, 9.17) is 12.2 Å². The number of benzene rings is 1. The molecule has 0 bridgehead atoms. The molecule has 0 fully saturated rings. The molecule has 3 nitrogen and oxygen atoms in total. The minimum absolute atomic E-state index is 0.654. The Bertz CT molecular complexity index is 371. The van der Waals surface area contributed by atoms with Crippen molar-refractivity contribution >= 4 is 23.0 Å². The third-order valence-electron chi connectivity index (χ3n) is 2.31. The highest BCUT2D eigenvalue weighted by atomic mass is 32.1. The van der Waals surface area contributed by atoms with E-state index < -0.39 is 0 Å². The summed E-state index contributed by atoms with van der Waals surface area (Å²) in [6, 6.07) is 8.38. The van der Waals surface area contributed by atoms with Crippen LogP contribution in [-0.4, -0.2) is 25.8 Å². The van der Waals surface area contributed by atoms with Crippen LogP contribution in [0, 0.1) is 0 Å². The Morgan fingerprint density at radius 2 is 1.94 bits per heavy atom. The fourth-order valence-electron chi connectivity index (χ4n) is 1.32. The third kappa shape index (κ3) is 4.87. The number of thiocarbonyl (C=S) groups is 1. The van der Waals surface area contributed by atoms with Gasteiger partial charge in [0.25, 0.3) is 0 Å². The van der Waals surface area contributed by atoms with Crippen molar-refractivity contribution < 1.29 is 0 Å². The SMILES string of the molecule is C=CCNC(=S)NCc1ccc(N(C)C)cc1. The van der Waals surface area contributed by atoms with E-state index >= 15 is 0 Å². The van der Waals surface area contributed by atoms with E-state index in [1.54, 1.807) is 6.08 Å². The van der Waals surface area contributed by atoms with E-state index in [0.29, 0.717) is 11.7 Å². The molecule has 17 heavy (non-hydrogen) atoms. The summed E-state index contributed by atoms with van der Waals surface area (Å²) in [5.74, 6) is 0. The molecule has 0 aliphatic rings. The minimum Gasteiger partial charge on any atom is -0.378 e. The Morgan fingerprint density at radius 1 is 1.29 bits per heavy atom. The van der Waals surface area contributed by atoms with Crippen LogP contribution >= 0.6 is 12.2 Å². The molecule has 0 aliphatic carbocycles. The predicted molar refractivity (Wildman–Crippen MR) is 78.4 cm³/mol. The summed E-state index contributed by atoms with van der Waals surface area (Å²) in [5, 5.41) is 6.82. The van der Waals surface area contributed by atoms with Gasteiger partial charge in [-0.2, -0.15) is 0 Å². The first kappa shape index (κ1) is 13.5. The highest BCUT2D eigenvalue weighted by Crippen LogP contribution is 2.11. The van der Waals surface area contributed by atoms with Gasteiger partial charge in [0.1, 0.15) is 0 Å². The first-order valence-corrected chi connectivity index (χ1v) is 5.93. The third-order valence-corrected chi connectivity index (χ3v) is 2.60. The Hall–Kier alpha value is -1.55. The fourth-order valence-corrected chi connectivity index (χ4v) is 1.48. The van der Waals surface area contributed by atoms with E-state index in [-0.39, 0.29) is 0 Å². The quantitative estimate of drug-likeness (QED) is 0.616. The topological polar surface area (TPSA) is 27.3 Å². The summed E-state index contributed by atoms with van der Waals surface area (Å²) in [6.07, 6.45) is 1.78. The second-order valence-corrected chi connectivity index (χ2v) is 4.32. The largest absolute Gasteiger partial charge is 0.378 e. The van der Waals surface area contributed by atoms with Crippen molar-refractivity contribution in [1.82, 2.24) is 10.6 Å². The standard InChI is InChI=1S/C13H19N3S/c1-4-9-14-13(17)15-10-11-5-7-12(8-6-11)16(2)3/h4-8H,1,9-10H2,2-3H3,(H2,14,15,17). The Balaban J connectivity index is 2.41. The average molecular weight is 249 g/mol. The number of anilines is 1. The zero-order valence-corrected chi connectivity index (χ0v) is 11.2. The molecule has 0 aliphatic heterocycles. The zero-order chi connectivity index (χ0) is 12.7. The summed E-state index contributed by atoms with van der Waals surface area (Å²) < 4.78 is 0. The van der Waals surface area contributed by atoms with Crippen LogP contribution in [0.15, 0.2) is 36.9 Å². The Morgan fingerprint density at radius 3 is 2.47 bits per heavy atom. The Kier molecular flexibility index (Phi) is 5.49. The number of nitrogens with one attached hydrogen (secondary N) is 2. The molecule has 2 N–H and O–H groups in total. The van der Waals surface area contributed by atoms with Gasteiger partial charge in [-0.1, -0.05) is 18.2 Å². The molecule has 0 atom stereocenters. The lowest BCUT2D eigenvalue weighted by Gasteiger charge is -2.13. The van der Waals surface area contributed by atoms with Crippen molar-refractivity contribution in [3.63, 3.8) is 0 Å². The first-order valence-electron chi connectivity index (χ1n) is 5.52. The monoisotopic (exact) mass is 249 g/mol. The molecule has 1 aromatic carbocycles. The summed E-state index contributed by atoms with van der Waals surface area (Å²) >= 11 is 5.11. The number of hydrogen-bond acceptors (Lipinski definition) is 2. The van der Waals surface area contributed by atoms with E-state index in [9.17, 15) is 0 Å². The molecular weight excluding hydrogens is 230 g/mol. The van der Waals surface area contributed by atoms with E-state index in [0.717, 1.165) is 6.54 Å². The smallest absolute Gasteiger partial charge is 0.166 e. The first-order chi connectivity index (χ1) is 8.13. The molecule has 0 saturated heterocycles. The minimum atomic E-state index is 0.654. The maximum absolute atomic E-state index is 5.11. The lowest BCUT2D eigenvalue weighted by atomic mass is 10.2. The van der Waals surface area contributed by atoms with E-state index in [1.165, 1.54) is 11.3 Å². The van der Waals surface area contributed by atoms with Crippen LogP contribution in [0.1, 0.15) is 5.56 Å². The van der Waals surface area contributed by atoms with Crippen LogP contribution in [0.3, 0.4) is 0 Å². The van der Waals surface area contributed by atoms with Gasteiger partial charge < -0.3 is 15.5 Å². The maximum atomic E-state index is 5.11. The lowest BCUT2D eigenvalue weighted by Crippen LogP contribution is -2.34. The van der Waals surface area contributed by atoms with Gasteiger partial charge in [-0.3, -0.25) is 0 Å². The highest BCUT2D eigenvalue weighted by molar-refractivity contribution is 7.80. The Labute approximate surface area is 109 Å². The van der Waals surface area contributed by atoms with Crippen molar-refractivity contribution in [2.75, 3.05) is 25.5 Å². The molecular formula is C13H19N3S. The molecule has 1 rings (SSSR count). The normalized spacial score (nSPS) is 9.53. The number of hydrogen-bond donors (Lipinski definition) is 2. The van der Waals surface area contributed by atoms with Crippen LogP contribution in [0.5, 0.6) is 0 Å². The van der Waals surface area contributed by atoms with Crippen molar-refractivity contribution in [2.24, 2.45) is 0 Å². The molecule has 0 aromatic heterocycles. The molecule has 92 valence electrons. The van der Waals surface area contributed by atoms with Crippen molar-refractivity contribution in [1.29, 1.82) is 0 Å². The predicted octanol–water partition coefficient (Wildman–Crippen LogP) is 1.90. The lowest BCUT2D eigenvalue weighted by molar-refractivity contribution is 0.872. The van der Waals surface area contributed by atoms with Gasteiger partial charge in [-0.05, 0) is 29.9 Å². The maximum Gasteiger partial charge on any atom is 0.166 e. The van der Waals surface area contributed by atoms with Crippen molar-refractivity contribution in [3.8, 4) is 0 Å². The van der Waals surface area contributed by atoms with Crippen molar-refractivity contribution in [2.45, 2.75) is 6.54 Å². The van der Waals surface area contributed by atoms with Gasteiger partial charge in [0.05, 0.1) is 0 Å². The second-order valence-electron chi connectivity index (χ2n) is 3.91. The van der Waals surface area contributed by atoms with Crippen LogP contribution in [0.2, 0.25) is 0 Å². The number of nitrogens with zero attached hydrogens (tertiary/aromatic N) is 1. The summed E-state index contributed by atoms with van der Waals surface area (Å²) in [6.45, 7) is 5.04. The fraction of sp³-hybridized carbons (Fsp3) is 0.308. The zero-order valence-electron chi connectivity index (χ0n) is 10.4. The van der Waals surface area contributed by atoms with Gasteiger partial charge in [0.2, 0.25) is 0 Å². The van der Waals surface area contributed by atoms with Gasteiger partial charge in [0, 0.05) is 32.9 Å². The molecule has 0 radical (unpaired) electrons. The molecule has 0 spiro atoms. The molecule has 0 unspecified atom stereocenters. The van der Waals surface area contributed by atoms with Gasteiger partial charge in [-0.25, -0.2) is 0 Å². The van der Waals surface area contributed by atoms with Crippen LogP contribution in [-0.2, 0) is 6.54 Å². The summed E-state index contributed by atoms with van der Waals surface area (Å²) in [7, 11) is 4.06. The average Bonchev–Trinajstić information content (AvgIpc) is 2.34. The second kappa shape index (κ2) is 6.91. The molecule has 4 heteroatoms. The molecule has 0 heterocycles. The van der Waals surface area contributed by atoms with Gasteiger partial charge in [0.15, 0.2) is 5.11 Å². The summed E-state index contributed by atoms with van der Waals surface area (Å²) in [4.78, 5) is 2.08. The highest BCUT2D eigenvalue weighted by Gasteiger charge is 1.97. The molecule has 0 amide bonds. The van der Waals surface area contributed by atoms with Crippen LogP contribution in [0.25, 0.3) is 0 Å². The van der Waals surface area contributed by atoms with Crippen LogP contribution < -0.4 is 15.5 Å². The van der Waals surface area contributed by atoms with Gasteiger partial charge >= 0.3 is 0 Å². The summed E-state index contributed by atoms with van der Waals surface area (Å²) in [5.41, 5.74) is 2.40. The van der Waals surface area contributed by atoms with E-state index in [1.807, 2.05) is 14.1 Å². The van der Waals surface area contributed by atoms with Crippen LogP contribution in [0.4, 0.5) is 5.69 Å².